The van der Waals surface area contributed by atoms with Gasteiger partial charge < -0.3 is 5.32 Å². The molecule has 0 aromatic carbocycles. The minimum atomic E-state index is 0.285. The van der Waals surface area contributed by atoms with Gasteiger partial charge in [-0.1, -0.05) is 6.92 Å². The minimum Gasteiger partial charge on any atom is -0.308 e. The van der Waals surface area contributed by atoms with Gasteiger partial charge in [0, 0.05) is 29.4 Å². The van der Waals surface area contributed by atoms with Crippen LogP contribution in [0.1, 0.15) is 47.9 Å². The number of rotatable bonds is 4. The van der Waals surface area contributed by atoms with Gasteiger partial charge in [0.05, 0.1) is 11.7 Å². The molecule has 100 valence electrons. The maximum Gasteiger partial charge on any atom is 0.0762 e. The molecule has 0 amide bonds. The van der Waals surface area contributed by atoms with E-state index in [1.165, 1.54) is 24.8 Å². The van der Waals surface area contributed by atoms with Gasteiger partial charge in [0.1, 0.15) is 0 Å². The summed E-state index contributed by atoms with van der Waals surface area (Å²) in [4.78, 5) is 10.3. The van der Waals surface area contributed by atoms with Crippen LogP contribution in [0.15, 0.2) is 30.0 Å². The first-order valence-corrected chi connectivity index (χ1v) is 7.83. The molecule has 1 aliphatic rings. The molecule has 1 aliphatic carbocycles. The van der Waals surface area contributed by atoms with E-state index in [1.54, 1.807) is 17.3 Å². The lowest BCUT2D eigenvalue weighted by Crippen LogP contribution is -2.29. The Kier molecular flexibility index (Phi) is 3.89. The molecule has 2 atom stereocenters. The maximum absolute atomic E-state index is 4.51. The molecular formula is C15H19N3S. The van der Waals surface area contributed by atoms with Crippen LogP contribution in [0.5, 0.6) is 0 Å². The van der Waals surface area contributed by atoms with Gasteiger partial charge >= 0.3 is 0 Å². The van der Waals surface area contributed by atoms with Crippen molar-refractivity contribution in [3.05, 3.63) is 46.2 Å². The van der Waals surface area contributed by atoms with Crippen LogP contribution in [0.25, 0.3) is 0 Å². The Balaban J connectivity index is 1.94. The van der Waals surface area contributed by atoms with Crippen LogP contribution in [-0.4, -0.2) is 16.5 Å². The first kappa shape index (κ1) is 12.8. The summed E-state index contributed by atoms with van der Waals surface area (Å²) in [6, 6.07) is 2.58. The Hall–Kier alpha value is -1.26. The number of aromatic nitrogens is 2. The van der Waals surface area contributed by atoms with E-state index in [2.05, 4.69) is 33.7 Å². The molecule has 19 heavy (non-hydrogen) atoms. The van der Waals surface area contributed by atoms with Crippen molar-refractivity contribution in [1.29, 1.82) is 0 Å². The number of nitrogens with one attached hydrogen (secondary N) is 1. The quantitative estimate of drug-likeness (QED) is 0.928. The van der Waals surface area contributed by atoms with Crippen molar-refractivity contribution >= 4 is 11.3 Å². The number of hydrogen-bond acceptors (Lipinski definition) is 4. The van der Waals surface area contributed by atoms with E-state index in [0.29, 0.717) is 5.92 Å². The van der Waals surface area contributed by atoms with Crippen molar-refractivity contribution in [2.24, 2.45) is 0 Å². The molecule has 0 fully saturated rings. The number of thiophene rings is 1. The van der Waals surface area contributed by atoms with Crippen LogP contribution in [0.2, 0.25) is 0 Å². The second-order valence-electron chi connectivity index (χ2n) is 4.96. The predicted molar refractivity (Wildman–Crippen MR) is 78.4 cm³/mol. The maximum atomic E-state index is 4.51. The fourth-order valence-corrected chi connectivity index (χ4v) is 4.01. The molecule has 4 heteroatoms. The monoisotopic (exact) mass is 273 g/mol. The van der Waals surface area contributed by atoms with E-state index in [-0.39, 0.29) is 6.04 Å². The summed E-state index contributed by atoms with van der Waals surface area (Å²) in [7, 11) is 0. The smallest absolute Gasteiger partial charge is 0.0762 e. The number of hydrogen-bond donors (Lipinski definition) is 1. The topological polar surface area (TPSA) is 37.8 Å². The molecule has 0 saturated heterocycles. The number of nitrogens with zero attached hydrogens (tertiary/aromatic N) is 2. The summed E-state index contributed by atoms with van der Waals surface area (Å²) < 4.78 is 0. The van der Waals surface area contributed by atoms with Crippen molar-refractivity contribution < 1.29 is 0 Å². The lowest BCUT2D eigenvalue weighted by molar-refractivity contribution is 0.403. The molecule has 3 nitrogen and oxygen atoms in total. The molecule has 2 aromatic heterocycles. The molecule has 0 radical (unpaired) electrons. The molecule has 2 heterocycles. The molecule has 0 spiro atoms. The zero-order chi connectivity index (χ0) is 13.1. The first-order valence-electron chi connectivity index (χ1n) is 6.95. The Morgan fingerprint density at radius 3 is 3.21 bits per heavy atom. The molecule has 0 aliphatic heterocycles. The highest BCUT2D eigenvalue weighted by Crippen LogP contribution is 2.41. The zero-order valence-electron chi connectivity index (χ0n) is 11.2. The first-order chi connectivity index (χ1) is 9.40. The number of likely N-dealkylation sites (N-methyl/N-ethyl adjacent to an activating group) is 1. The van der Waals surface area contributed by atoms with Crippen LogP contribution in [0.4, 0.5) is 0 Å². The Morgan fingerprint density at radius 2 is 2.42 bits per heavy atom. The average Bonchev–Trinajstić information content (AvgIpc) is 2.94. The average molecular weight is 273 g/mol. The van der Waals surface area contributed by atoms with Crippen molar-refractivity contribution in [1.82, 2.24) is 15.3 Å². The Bertz CT molecular complexity index is 523. The number of aryl methyl sites for hydroxylation is 1. The van der Waals surface area contributed by atoms with Crippen molar-refractivity contribution in [2.45, 2.75) is 38.1 Å². The van der Waals surface area contributed by atoms with Gasteiger partial charge in [-0.3, -0.25) is 9.97 Å². The van der Waals surface area contributed by atoms with Crippen molar-refractivity contribution in [3.63, 3.8) is 0 Å². The molecular weight excluding hydrogens is 254 g/mol. The SMILES string of the molecule is CCNC(c1cnccn1)C1CCCc2sccc21. The number of fused-ring (bicyclic) bond motifs is 1. The normalized spacial score (nSPS) is 19.9. The summed E-state index contributed by atoms with van der Waals surface area (Å²) in [5.41, 5.74) is 2.58. The van der Waals surface area contributed by atoms with E-state index in [4.69, 9.17) is 0 Å². The third-order valence-corrected chi connectivity index (χ3v) is 4.82. The van der Waals surface area contributed by atoms with Crippen molar-refractivity contribution in [3.8, 4) is 0 Å². The highest BCUT2D eigenvalue weighted by molar-refractivity contribution is 7.10. The summed E-state index contributed by atoms with van der Waals surface area (Å²) in [5.74, 6) is 0.534. The van der Waals surface area contributed by atoms with Crippen molar-refractivity contribution in [2.75, 3.05) is 6.54 Å². The predicted octanol–water partition coefficient (Wildman–Crippen LogP) is 3.31. The van der Waals surface area contributed by atoms with Crippen LogP contribution in [0, 0.1) is 0 Å². The lowest BCUT2D eigenvalue weighted by atomic mass is 9.81. The third-order valence-electron chi connectivity index (χ3n) is 3.83. The van der Waals surface area contributed by atoms with Crippen LogP contribution < -0.4 is 5.32 Å². The van der Waals surface area contributed by atoms with Crippen LogP contribution >= 0.6 is 11.3 Å². The van der Waals surface area contributed by atoms with E-state index in [0.717, 1.165) is 12.2 Å². The fourth-order valence-electron chi connectivity index (χ4n) is 3.01. The molecule has 1 N–H and O–H groups in total. The van der Waals surface area contributed by atoms with Crippen LogP contribution in [0.3, 0.4) is 0 Å². The summed E-state index contributed by atoms with van der Waals surface area (Å²) in [6.45, 7) is 3.11. The Morgan fingerprint density at radius 1 is 1.47 bits per heavy atom. The van der Waals surface area contributed by atoms with Gasteiger partial charge in [-0.2, -0.15) is 0 Å². The second-order valence-corrected chi connectivity index (χ2v) is 5.96. The standard InChI is InChI=1S/C15H19N3S/c1-2-17-15(13-10-16-7-8-18-13)12-4-3-5-14-11(12)6-9-19-14/h6-10,12,15,17H,2-5H2,1H3. The minimum absolute atomic E-state index is 0.285. The van der Waals surface area contributed by atoms with E-state index in [9.17, 15) is 0 Å². The van der Waals surface area contributed by atoms with Crippen LogP contribution in [-0.2, 0) is 6.42 Å². The molecule has 2 unspecified atom stereocenters. The fraction of sp³-hybridized carbons (Fsp3) is 0.467. The van der Waals surface area contributed by atoms with E-state index >= 15 is 0 Å². The van der Waals surface area contributed by atoms with Gasteiger partial charge in [-0.25, -0.2) is 0 Å². The van der Waals surface area contributed by atoms with Gasteiger partial charge in [0.2, 0.25) is 0 Å². The molecule has 2 aromatic rings. The van der Waals surface area contributed by atoms with E-state index in [1.807, 2.05) is 17.5 Å². The summed E-state index contributed by atoms with van der Waals surface area (Å²) in [5, 5.41) is 5.83. The zero-order valence-corrected chi connectivity index (χ0v) is 12.0. The largest absolute Gasteiger partial charge is 0.308 e. The molecule has 0 saturated carbocycles. The summed E-state index contributed by atoms with van der Waals surface area (Å²) >= 11 is 1.90. The molecule has 0 bridgehead atoms. The molecule has 3 rings (SSSR count). The van der Waals surface area contributed by atoms with E-state index < -0.39 is 0 Å². The third kappa shape index (κ3) is 2.55. The second kappa shape index (κ2) is 5.80. The van der Waals surface area contributed by atoms with Gasteiger partial charge in [-0.05, 0) is 42.8 Å². The van der Waals surface area contributed by atoms with Gasteiger partial charge in [-0.15, -0.1) is 11.3 Å². The van der Waals surface area contributed by atoms with Gasteiger partial charge in [0.15, 0.2) is 0 Å². The lowest BCUT2D eigenvalue weighted by Gasteiger charge is -2.30. The highest BCUT2D eigenvalue weighted by atomic mass is 32.1. The summed E-state index contributed by atoms with van der Waals surface area (Å²) in [6.07, 6.45) is 9.18. The highest BCUT2D eigenvalue weighted by Gasteiger charge is 2.30. The van der Waals surface area contributed by atoms with Gasteiger partial charge in [0.25, 0.3) is 0 Å². The Labute approximate surface area is 118 Å².